The van der Waals surface area contributed by atoms with E-state index in [9.17, 15) is 4.79 Å². The quantitative estimate of drug-likeness (QED) is 0.0690. The standard InChI is InChI=1S/C19H41NO8.C4H9NO.C3H9N.C2H5N.C2H6O.4C2H6.CH5N/c1-20(4-6-23-12-14-27-18-16-25-10-8-21-2)5-7-24-13-15-28-19-17-26-11-9-22-3;1-5-3-2-4-6;1-4(2)3;2*1-2-3;5*1-2/h4-19H2,1-3H3;4-5H,2-3H2,1H3;1-3H3;2H,1,3H2;3H,2H2,1H3;4*1-2H3;2H2,1H3. The average Bonchev–Trinajstić information content (AvgIpc) is 3.19. The van der Waals surface area contributed by atoms with E-state index < -0.39 is 0 Å². The van der Waals surface area contributed by atoms with E-state index >= 15 is 0 Å². The van der Waals surface area contributed by atoms with Gasteiger partial charge >= 0.3 is 0 Å². The van der Waals surface area contributed by atoms with E-state index in [1.165, 1.54) is 13.2 Å². The number of methoxy groups -OCH3 is 2. The molecule has 0 fully saturated rings. The molecule has 0 amide bonds. The van der Waals surface area contributed by atoms with Crippen LogP contribution in [0, 0.1) is 0 Å². The molecule has 0 aliphatic heterocycles. The van der Waals surface area contributed by atoms with Gasteiger partial charge in [-0.05, 0) is 55.4 Å². The van der Waals surface area contributed by atoms with Crippen LogP contribution >= 0.6 is 0 Å². The van der Waals surface area contributed by atoms with Crippen LogP contribution in [0.3, 0.4) is 0 Å². The second-order valence-electron chi connectivity index (χ2n) is 8.92. The second-order valence-corrected chi connectivity index (χ2v) is 8.92. The van der Waals surface area contributed by atoms with Crippen LogP contribution in [-0.4, -0.2) is 196 Å². The van der Waals surface area contributed by atoms with Crippen molar-refractivity contribution >= 4 is 6.29 Å². The molecule has 0 aliphatic carbocycles. The van der Waals surface area contributed by atoms with E-state index in [1.807, 2.05) is 88.5 Å². The Bertz CT molecular complexity index is 451. The first-order valence-electron chi connectivity index (χ1n) is 19.6. The molecule has 0 saturated heterocycles. The highest BCUT2D eigenvalue weighted by molar-refractivity contribution is 5.49. The number of hydrogen-bond donors (Lipinski definition) is 4. The van der Waals surface area contributed by atoms with Crippen LogP contribution < -0.4 is 16.8 Å². The summed E-state index contributed by atoms with van der Waals surface area (Å²) in [6.45, 7) is 32.0. The van der Waals surface area contributed by atoms with Crippen molar-refractivity contribution in [1.82, 2.24) is 15.1 Å². The summed E-state index contributed by atoms with van der Waals surface area (Å²) in [5.74, 6) is 0. The molecule has 0 heterocycles. The summed E-state index contributed by atoms with van der Waals surface area (Å²) in [6.07, 6.45) is 2.77. The van der Waals surface area contributed by atoms with E-state index in [2.05, 4.69) is 35.3 Å². The Kier molecular flexibility index (Phi) is 158. The van der Waals surface area contributed by atoms with E-state index in [-0.39, 0.29) is 6.61 Å². The van der Waals surface area contributed by atoms with Gasteiger partial charge in [-0.3, -0.25) is 0 Å². The molecule has 0 aromatic rings. The van der Waals surface area contributed by atoms with Crippen molar-refractivity contribution in [2.75, 3.05) is 175 Å². The van der Waals surface area contributed by atoms with Crippen LogP contribution in [-0.2, 0) is 42.7 Å². The Labute approximate surface area is 337 Å². The largest absolute Gasteiger partial charge is 0.405 e. The number of aliphatic hydroxyl groups is 1. The summed E-state index contributed by atoms with van der Waals surface area (Å²) in [7, 11) is 14.7. The molecular formula is C39H99N5O10. The Morgan fingerprint density at radius 3 is 0.963 bits per heavy atom. The van der Waals surface area contributed by atoms with Crippen molar-refractivity contribution in [3.8, 4) is 0 Å². The highest BCUT2D eigenvalue weighted by Crippen LogP contribution is 1.88. The number of hydrogen-bond acceptors (Lipinski definition) is 15. The first-order chi connectivity index (χ1) is 26.3. The number of nitrogens with two attached hydrogens (primary N) is 2. The van der Waals surface area contributed by atoms with Gasteiger partial charge in [0.1, 0.15) is 6.29 Å². The second kappa shape index (κ2) is 110. The van der Waals surface area contributed by atoms with Gasteiger partial charge in [0.2, 0.25) is 0 Å². The van der Waals surface area contributed by atoms with Crippen molar-refractivity contribution < 1.29 is 47.8 Å². The first-order valence-corrected chi connectivity index (χ1v) is 19.6. The number of likely N-dealkylation sites (N-methyl/N-ethyl adjacent to an activating group) is 1. The van der Waals surface area contributed by atoms with Gasteiger partial charge in [0.05, 0.1) is 92.5 Å². The minimum atomic E-state index is 0.250. The molecule has 15 nitrogen and oxygen atoms in total. The third-order valence-electron chi connectivity index (χ3n) is 4.10. The number of carbonyl (C=O) groups excluding carboxylic acids is 1. The SMILES string of the molecule is C=CN.CC.CC.CC.CC.CCO.CN.CN(C)C.CNCCC=O.COCCOCCOCCOCCN(C)CCOCCOCCOCCOC. The van der Waals surface area contributed by atoms with E-state index in [1.54, 1.807) is 21.1 Å². The molecule has 0 aromatic heterocycles. The normalized spacial score (nSPS) is 8.69. The molecule has 0 spiro atoms. The molecule has 54 heavy (non-hydrogen) atoms. The molecule has 0 unspecified atom stereocenters. The lowest BCUT2D eigenvalue weighted by Crippen LogP contribution is -2.28. The Morgan fingerprint density at radius 2 is 0.796 bits per heavy atom. The van der Waals surface area contributed by atoms with Gasteiger partial charge in [-0.15, -0.1) is 0 Å². The van der Waals surface area contributed by atoms with E-state index in [0.717, 1.165) is 25.9 Å². The fraction of sp³-hybridized carbons (Fsp3) is 0.923. The van der Waals surface area contributed by atoms with Crippen LogP contribution in [0.1, 0.15) is 68.7 Å². The zero-order valence-corrected chi connectivity index (χ0v) is 39.0. The van der Waals surface area contributed by atoms with Gasteiger partial charge in [0.15, 0.2) is 0 Å². The molecule has 0 radical (unpaired) electrons. The number of nitrogens with zero attached hydrogens (tertiary/aromatic N) is 2. The molecule has 0 aliphatic rings. The Hall–Kier alpha value is -1.31. The van der Waals surface area contributed by atoms with Crippen molar-refractivity contribution in [3.05, 3.63) is 12.8 Å². The van der Waals surface area contributed by atoms with E-state index in [4.69, 9.17) is 43.0 Å². The molecule has 6 N–H and O–H groups in total. The highest BCUT2D eigenvalue weighted by Gasteiger charge is 1.99. The molecule has 15 heteroatoms. The van der Waals surface area contributed by atoms with Gasteiger partial charge in [-0.2, -0.15) is 0 Å². The lowest BCUT2D eigenvalue weighted by molar-refractivity contribution is -0.107. The van der Waals surface area contributed by atoms with Crippen molar-refractivity contribution in [2.24, 2.45) is 11.5 Å². The minimum absolute atomic E-state index is 0.250. The first kappa shape index (κ1) is 77.2. The van der Waals surface area contributed by atoms with Crippen LogP contribution in [0.4, 0.5) is 0 Å². The van der Waals surface area contributed by atoms with Gasteiger partial charge in [-0.1, -0.05) is 62.0 Å². The number of ether oxygens (including phenoxy) is 8. The Balaban J connectivity index is -0.0000000757. The van der Waals surface area contributed by atoms with Crippen LogP contribution in [0.25, 0.3) is 0 Å². The molecule has 0 saturated carbocycles. The molecular weight excluding hydrogens is 698 g/mol. The van der Waals surface area contributed by atoms with Gasteiger partial charge in [0, 0.05) is 46.9 Å². The van der Waals surface area contributed by atoms with Crippen molar-refractivity contribution in [3.63, 3.8) is 0 Å². The molecule has 340 valence electrons. The fourth-order valence-corrected chi connectivity index (χ4v) is 2.12. The average molecular weight is 798 g/mol. The van der Waals surface area contributed by atoms with Gasteiger partial charge in [-0.25, -0.2) is 0 Å². The molecule has 0 atom stereocenters. The summed E-state index contributed by atoms with van der Waals surface area (Å²) in [4.78, 5) is 13.7. The summed E-state index contributed by atoms with van der Waals surface area (Å²) in [6, 6.07) is 0. The number of aliphatic hydroxyl groups excluding tert-OH is 1. The molecule has 0 aromatic carbocycles. The lowest BCUT2D eigenvalue weighted by Gasteiger charge is -2.16. The molecule has 0 bridgehead atoms. The maximum Gasteiger partial charge on any atom is 0.121 e. The minimum Gasteiger partial charge on any atom is -0.405 e. The third-order valence-corrected chi connectivity index (χ3v) is 4.10. The number of nitrogens with one attached hydrogen (secondary N) is 1. The maximum atomic E-state index is 9.52. The van der Waals surface area contributed by atoms with Crippen molar-refractivity contribution in [1.29, 1.82) is 0 Å². The zero-order chi connectivity index (χ0) is 44.4. The van der Waals surface area contributed by atoms with Crippen LogP contribution in [0.2, 0.25) is 0 Å². The van der Waals surface area contributed by atoms with Crippen LogP contribution in [0.5, 0.6) is 0 Å². The summed E-state index contributed by atoms with van der Waals surface area (Å²) in [5, 5.41) is 10.4. The highest BCUT2D eigenvalue weighted by atomic mass is 16.6. The number of rotatable bonds is 27. The summed E-state index contributed by atoms with van der Waals surface area (Å²) < 4.78 is 42.3. The number of carbonyl (C=O) groups is 1. The fourth-order valence-electron chi connectivity index (χ4n) is 2.12. The maximum absolute atomic E-state index is 9.52. The van der Waals surface area contributed by atoms with E-state index in [0.29, 0.717) is 98.9 Å². The summed E-state index contributed by atoms with van der Waals surface area (Å²) in [5.41, 5.74) is 9.11. The predicted octanol–water partition coefficient (Wildman–Crippen LogP) is 4.05. The van der Waals surface area contributed by atoms with Crippen molar-refractivity contribution in [2.45, 2.75) is 68.7 Å². The van der Waals surface area contributed by atoms with Crippen LogP contribution in [0.15, 0.2) is 12.8 Å². The smallest absolute Gasteiger partial charge is 0.121 e. The summed E-state index contributed by atoms with van der Waals surface area (Å²) >= 11 is 0. The lowest BCUT2D eigenvalue weighted by atomic mass is 10.5. The third kappa shape index (κ3) is 163. The number of aldehydes is 1. The predicted molar refractivity (Wildman–Crippen MR) is 233 cm³/mol. The topological polar surface area (TPSA) is 182 Å². The Morgan fingerprint density at radius 1 is 0.593 bits per heavy atom. The molecule has 0 rings (SSSR count). The zero-order valence-electron chi connectivity index (χ0n) is 39.0. The van der Waals surface area contributed by atoms with Gasteiger partial charge in [0.25, 0.3) is 0 Å². The van der Waals surface area contributed by atoms with Gasteiger partial charge < -0.3 is 74.4 Å². The monoisotopic (exact) mass is 798 g/mol.